The van der Waals surface area contributed by atoms with Gasteiger partial charge >= 0.3 is 12.5 Å². The molecule has 0 bridgehead atoms. The summed E-state index contributed by atoms with van der Waals surface area (Å²) in [6, 6.07) is 4.26. The maximum atomic E-state index is 14.1. The Morgan fingerprint density at radius 1 is 1.02 bits per heavy atom. The summed E-state index contributed by atoms with van der Waals surface area (Å²) in [7, 11) is 1.14. The number of pyridine rings is 1. The van der Waals surface area contributed by atoms with E-state index in [0.717, 1.165) is 42.4 Å². The van der Waals surface area contributed by atoms with Crippen molar-refractivity contribution in [2.75, 3.05) is 12.1 Å². The molecule has 16 heteroatoms. The summed E-state index contributed by atoms with van der Waals surface area (Å²) >= 11 is 6.13. The van der Waals surface area contributed by atoms with Crippen LogP contribution in [0.2, 0.25) is 5.02 Å². The quantitative estimate of drug-likeness (QED) is 0.185. The van der Waals surface area contributed by atoms with E-state index in [0.29, 0.717) is 16.6 Å². The van der Waals surface area contributed by atoms with Crippen LogP contribution >= 0.6 is 11.6 Å². The zero-order valence-electron chi connectivity index (χ0n) is 24.2. The van der Waals surface area contributed by atoms with Crippen LogP contribution in [0.4, 0.5) is 32.2 Å². The Morgan fingerprint density at radius 3 is 2.38 bits per heavy atom. The smallest absolute Gasteiger partial charge is 0.508 e. The topological polar surface area (TPSA) is 117 Å². The van der Waals surface area contributed by atoms with Gasteiger partial charge in [-0.15, -0.1) is 13.2 Å². The summed E-state index contributed by atoms with van der Waals surface area (Å²) in [5.74, 6) is -9.08. The number of anilines is 1. The number of amides is 2. The summed E-state index contributed by atoms with van der Waals surface area (Å²) in [4.78, 5) is 58.1. The molecule has 47 heavy (non-hydrogen) atoms. The number of benzene rings is 1. The van der Waals surface area contributed by atoms with Gasteiger partial charge in [0.1, 0.15) is 17.2 Å². The van der Waals surface area contributed by atoms with Crippen molar-refractivity contribution >= 4 is 40.8 Å². The van der Waals surface area contributed by atoms with Gasteiger partial charge in [-0.1, -0.05) is 23.3 Å². The van der Waals surface area contributed by atoms with Gasteiger partial charge in [0.2, 0.25) is 0 Å². The van der Waals surface area contributed by atoms with Gasteiger partial charge in [-0.3, -0.25) is 24.2 Å². The molecule has 0 saturated carbocycles. The molecule has 1 aliphatic heterocycles. The molecule has 2 aromatic rings. The first-order valence-electron chi connectivity index (χ1n) is 14.0. The number of alkyl halides is 6. The minimum absolute atomic E-state index is 0.0374. The largest absolute Gasteiger partial charge is 0.573 e. The van der Waals surface area contributed by atoms with E-state index in [1.54, 1.807) is 6.08 Å². The third-order valence-corrected chi connectivity index (χ3v) is 9.10. The molecule has 6 rings (SSSR count). The van der Waals surface area contributed by atoms with Gasteiger partial charge in [-0.25, -0.2) is 4.98 Å². The van der Waals surface area contributed by atoms with Gasteiger partial charge in [-0.05, 0) is 62.1 Å². The van der Waals surface area contributed by atoms with E-state index < -0.39 is 82.6 Å². The fraction of sp³-hybridized carbons (Fsp3) is 0.323. The van der Waals surface area contributed by atoms with E-state index in [-0.39, 0.29) is 40.1 Å². The number of fused-ring (bicyclic) bond motifs is 3. The van der Waals surface area contributed by atoms with Crippen LogP contribution in [-0.2, 0) is 25.4 Å². The van der Waals surface area contributed by atoms with Crippen LogP contribution in [0, 0.1) is 17.8 Å². The molecule has 0 spiro atoms. The average molecular weight is 682 g/mol. The van der Waals surface area contributed by atoms with Crippen LogP contribution in [0.5, 0.6) is 11.5 Å². The predicted octanol–water partition coefficient (Wildman–Crippen LogP) is 5.84. The molecule has 9 nitrogen and oxygen atoms in total. The second-order valence-corrected chi connectivity index (χ2v) is 11.9. The third-order valence-electron chi connectivity index (χ3n) is 8.81. The van der Waals surface area contributed by atoms with E-state index >= 15 is 0 Å². The van der Waals surface area contributed by atoms with Gasteiger partial charge in [0.25, 0.3) is 11.8 Å². The Bertz CT molecular complexity index is 1870. The minimum Gasteiger partial charge on any atom is -0.508 e. The first-order valence-corrected chi connectivity index (χ1v) is 14.4. The zero-order valence-corrected chi connectivity index (χ0v) is 25.0. The molecule has 1 aromatic heterocycles. The SMILES string of the molecule is CC1=CC(=O)C2=C(C1=O)[C@@H](c1cc(OC(F)(F)F)ccc1O)C1=CC[C@@H]3C(=O)N(N(C)c4nc(C(F)(F)F)ccc4Cl)C(=O)[C@@H]3[C@@H]1C2. The average Bonchev–Trinajstić information content (AvgIpc) is 3.24. The van der Waals surface area contributed by atoms with E-state index in [1.165, 1.54) is 6.92 Å². The molecule has 2 heterocycles. The fourth-order valence-electron chi connectivity index (χ4n) is 6.87. The lowest BCUT2D eigenvalue weighted by atomic mass is 9.59. The van der Waals surface area contributed by atoms with E-state index in [9.17, 15) is 50.6 Å². The molecule has 4 aliphatic rings. The van der Waals surface area contributed by atoms with Crippen molar-refractivity contribution in [1.82, 2.24) is 9.99 Å². The van der Waals surface area contributed by atoms with Gasteiger partial charge in [0.05, 0.1) is 16.9 Å². The Balaban J connectivity index is 1.45. The number of rotatable bonds is 4. The monoisotopic (exact) mass is 681 g/mol. The molecule has 4 atom stereocenters. The van der Waals surface area contributed by atoms with Crippen LogP contribution in [0.15, 0.2) is 64.8 Å². The molecule has 1 saturated heterocycles. The third kappa shape index (κ3) is 5.35. The van der Waals surface area contributed by atoms with E-state index in [4.69, 9.17) is 11.6 Å². The number of ketones is 2. The molecule has 1 fully saturated rings. The molecule has 246 valence electrons. The number of hydrogen-bond acceptors (Lipinski definition) is 8. The standard InChI is InChI=1S/C31H22ClF6N3O6/c1-12-9-21(43)18-11-16-14(23(25(18)26(12)44)17-10-13(3-7-20(17)42)47-31(36,37)38)4-5-15-24(16)29(46)41(28(15)45)40(2)27-19(32)6-8-22(39-27)30(33,34)35/h3-4,6-10,15-16,23-24,42H,5,11H2,1-2H3/t15-,16+,23+,24-/m0/s1. The van der Waals surface area contributed by atoms with Gasteiger partial charge < -0.3 is 9.84 Å². The van der Waals surface area contributed by atoms with Crippen LogP contribution in [0.25, 0.3) is 0 Å². The van der Waals surface area contributed by atoms with E-state index in [1.807, 2.05) is 0 Å². The van der Waals surface area contributed by atoms with Crippen molar-refractivity contribution in [3.63, 3.8) is 0 Å². The summed E-state index contributed by atoms with van der Waals surface area (Å²) < 4.78 is 83.7. The Kier molecular flexibility index (Phi) is 7.53. The molecule has 1 N–H and O–H groups in total. The van der Waals surface area contributed by atoms with Crippen molar-refractivity contribution in [3.05, 3.63) is 81.1 Å². The number of phenolic OH excluding ortho intramolecular Hbond substituents is 1. The number of allylic oxidation sites excluding steroid dienone is 6. The Labute approximate surface area is 266 Å². The number of hydrogen-bond donors (Lipinski definition) is 1. The minimum atomic E-state index is -5.09. The summed E-state index contributed by atoms with van der Waals surface area (Å²) in [6.07, 6.45) is -7.62. The number of nitrogens with zero attached hydrogens (tertiary/aromatic N) is 3. The van der Waals surface area contributed by atoms with Crippen LogP contribution in [-0.4, -0.2) is 51.9 Å². The highest BCUT2D eigenvalue weighted by Gasteiger charge is 2.58. The highest BCUT2D eigenvalue weighted by Crippen LogP contribution is 2.56. The maximum Gasteiger partial charge on any atom is 0.573 e. The number of ether oxygens (including phenoxy) is 1. The molecule has 0 unspecified atom stereocenters. The number of phenols is 1. The summed E-state index contributed by atoms with van der Waals surface area (Å²) in [5, 5.41) is 12.0. The second kappa shape index (κ2) is 11.0. The second-order valence-electron chi connectivity index (χ2n) is 11.5. The van der Waals surface area contributed by atoms with Crippen molar-refractivity contribution in [3.8, 4) is 11.5 Å². The first-order chi connectivity index (χ1) is 21.9. The molecular formula is C31H22ClF6N3O6. The van der Waals surface area contributed by atoms with Crippen molar-refractivity contribution in [2.45, 2.75) is 38.2 Å². The lowest BCUT2D eigenvalue weighted by molar-refractivity contribution is -0.274. The Morgan fingerprint density at radius 2 is 1.72 bits per heavy atom. The molecule has 0 radical (unpaired) electrons. The summed E-state index contributed by atoms with van der Waals surface area (Å²) in [5.41, 5.74) is -1.28. The molecule has 1 aromatic carbocycles. The van der Waals surface area contributed by atoms with Crippen molar-refractivity contribution in [2.24, 2.45) is 17.8 Å². The molecule has 3 aliphatic carbocycles. The van der Waals surface area contributed by atoms with Crippen LogP contribution in [0.3, 0.4) is 0 Å². The number of Topliss-reactive ketones (excluding diaryl/α,β-unsaturated/α-hetero) is 1. The fourth-order valence-corrected chi connectivity index (χ4v) is 7.10. The van der Waals surface area contributed by atoms with Crippen LogP contribution in [0.1, 0.15) is 36.9 Å². The normalized spacial score (nSPS) is 24.5. The highest BCUT2D eigenvalue weighted by atomic mass is 35.5. The number of carbonyl (C=O) groups is 4. The number of hydrazine groups is 1. The predicted molar refractivity (Wildman–Crippen MR) is 151 cm³/mol. The molecule has 2 amide bonds. The van der Waals surface area contributed by atoms with Gasteiger partial charge in [0.15, 0.2) is 17.4 Å². The lowest BCUT2D eigenvalue weighted by Crippen LogP contribution is -2.46. The number of aromatic nitrogens is 1. The van der Waals surface area contributed by atoms with Gasteiger partial charge in [-0.2, -0.15) is 18.2 Å². The first kappa shape index (κ1) is 32.3. The maximum absolute atomic E-state index is 14.1. The van der Waals surface area contributed by atoms with Crippen molar-refractivity contribution < 1.29 is 55.4 Å². The zero-order chi connectivity index (χ0) is 34.3. The number of aromatic hydroxyl groups is 1. The van der Waals surface area contributed by atoms with Crippen LogP contribution < -0.4 is 9.75 Å². The number of halogens is 7. The molecular weight excluding hydrogens is 660 g/mol. The highest BCUT2D eigenvalue weighted by molar-refractivity contribution is 6.33. The van der Waals surface area contributed by atoms with Crippen molar-refractivity contribution in [1.29, 1.82) is 0 Å². The Hall–Kier alpha value is -4.66. The van der Waals surface area contributed by atoms with E-state index in [2.05, 4.69) is 9.72 Å². The van der Waals surface area contributed by atoms with Gasteiger partial charge in [0, 0.05) is 35.2 Å². The number of carbonyl (C=O) groups excluding carboxylic acids is 4. The lowest BCUT2D eigenvalue weighted by Gasteiger charge is -2.42. The summed E-state index contributed by atoms with van der Waals surface area (Å²) in [6.45, 7) is 1.39. The number of imide groups is 1.